The second-order valence-electron chi connectivity index (χ2n) is 7.22. The Morgan fingerprint density at radius 1 is 0.333 bits per heavy atom. The highest BCUT2D eigenvalue weighted by Crippen LogP contribution is 2.13. The fraction of sp³-hybridized carbons (Fsp3) is 0.833. The smallest absolute Gasteiger partial charge is 0.00886 e. The third-order valence-electron chi connectivity index (χ3n) is 4.73. The summed E-state index contributed by atoms with van der Waals surface area (Å²) >= 11 is 0. The van der Waals surface area contributed by atoms with Crippen LogP contribution in [0.4, 0.5) is 0 Å². The minimum absolute atomic E-state index is 1.07. The van der Waals surface area contributed by atoms with Crippen LogP contribution in [0.1, 0.15) is 128 Å². The average Bonchev–Trinajstić information content (AvgIpc) is 2.60. The molecule has 0 aliphatic heterocycles. The fourth-order valence-electron chi connectivity index (χ4n) is 3.08. The van der Waals surface area contributed by atoms with Gasteiger partial charge in [-0.15, -0.1) is 11.8 Å². The quantitative estimate of drug-likeness (QED) is 0.174. The van der Waals surface area contributed by atoms with Crippen LogP contribution in [0.25, 0.3) is 0 Å². The standard InChI is InChI=1S/C24H44/c1-3-5-7-9-11-13-15-17-19-21-23-24-22-20-18-16-14-12-10-8-6-4-2/h1-13,15,17-24H2. The first-order chi connectivity index (χ1) is 11.9. The van der Waals surface area contributed by atoms with Gasteiger partial charge in [-0.25, -0.2) is 0 Å². The average molecular weight is 333 g/mol. The monoisotopic (exact) mass is 332 g/mol. The zero-order chi connectivity index (χ0) is 17.6. The second-order valence-corrected chi connectivity index (χ2v) is 7.22. The molecule has 0 bridgehead atoms. The highest BCUT2D eigenvalue weighted by molar-refractivity contribution is 4.98. The molecule has 0 N–H and O–H groups in total. The minimum atomic E-state index is 1.07. The summed E-state index contributed by atoms with van der Waals surface area (Å²) in [5, 5.41) is 0. The second kappa shape index (κ2) is 22.6. The summed E-state index contributed by atoms with van der Waals surface area (Å²) in [4.78, 5) is 0. The maximum atomic E-state index is 3.90. The summed E-state index contributed by atoms with van der Waals surface area (Å²) in [6.07, 6.45) is 26.6. The molecule has 0 atom stereocenters. The SMILES string of the molecule is [CH2]CCCCCC#CCCCCCCCCCCCCCCC[CH2]. The van der Waals surface area contributed by atoms with Crippen LogP contribution < -0.4 is 0 Å². The van der Waals surface area contributed by atoms with Gasteiger partial charge < -0.3 is 0 Å². The van der Waals surface area contributed by atoms with E-state index in [9.17, 15) is 0 Å². The number of rotatable bonds is 18. The predicted molar refractivity (Wildman–Crippen MR) is 111 cm³/mol. The molecule has 0 amide bonds. The molecule has 0 rings (SSSR count). The van der Waals surface area contributed by atoms with E-state index in [0.29, 0.717) is 0 Å². The van der Waals surface area contributed by atoms with Crippen LogP contribution >= 0.6 is 0 Å². The molecule has 140 valence electrons. The summed E-state index contributed by atoms with van der Waals surface area (Å²) in [7, 11) is 0. The van der Waals surface area contributed by atoms with E-state index in [1.54, 1.807) is 0 Å². The predicted octanol–water partition coefficient (Wildman–Crippen LogP) is 8.46. The zero-order valence-electron chi connectivity index (χ0n) is 16.6. The van der Waals surface area contributed by atoms with Crippen LogP contribution in [0.3, 0.4) is 0 Å². The molecule has 0 aliphatic rings. The van der Waals surface area contributed by atoms with Crippen LogP contribution in [0.2, 0.25) is 0 Å². The largest absolute Gasteiger partial charge is 0.103 e. The molecule has 0 aromatic rings. The van der Waals surface area contributed by atoms with Crippen LogP contribution in [-0.4, -0.2) is 0 Å². The van der Waals surface area contributed by atoms with E-state index in [4.69, 9.17) is 0 Å². The van der Waals surface area contributed by atoms with Gasteiger partial charge in [0.15, 0.2) is 0 Å². The molecule has 0 aromatic carbocycles. The van der Waals surface area contributed by atoms with E-state index in [2.05, 4.69) is 25.7 Å². The Labute approximate surface area is 154 Å². The van der Waals surface area contributed by atoms with Gasteiger partial charge in [0.1, 0.15) is 0 Å². The maximum Gasteiger partial charge on any atom is 0.00886 e. The zero-order valence-corrected chi connectivity index (χ0v) is 16.6. The first-order valence-corrected chi connectivity index (χ1v) is 11.0. The fourth-order valence-corrected chi connectivity index (χ4v) is 3.08. The minimum Gasteiger partial charge on any atom is -0.103 e. The molecule has 0 saturated carbocycles. The van der Waals surface area contributed by atoms with Gasteiger partial charge in [0, 0.05) is 12.8 Å². The Kier molecular flexibility index (Phi) is 22.1. The third kappa shape index (κ3) is 21.6. The molecule has 2 radical (unpaired) electrons. The Morgan fingerprint density at radius 2 is 0.583 bits per heavy atom. The highest BCUT2D eigenvalue weighted by atomic mass is 14.0. The Balaban J connectivity index is 3.04. The van der Waals surface area contributed by atoms with Gasteiger partial charge in [-0.1, -0.05) is 117 Å². The van der Waals surface area contributed by atoms with Crippen molar-refractivity contribution in [3.05, 3.63) is 13.8 Å². The molecule has 0 heterocycles. The van der Waals surface area contributed by atoms with Crippen molar-refractivity contribution in [2.75, 3.05) is 0 Å². The summed E-state index contributed by atoms with van der Waals surface area (Å²) in [5.74, 6) is 6.65. The molecule has 0 heteroatoms. The number of hydrogen-bond acceptors (Lipinski definition) is 0. The van der Waals surface area contributed by atoms with Crippen molar-refractivity contribution in [3.8, 4) is 11.8 Å². The molecular formula is C24H44. The van der Waals surface area contributed by atoms with Crippen LogP contribution in [0, 0.1) is 25.7 Å². The van der Waals surface area contributed by atoms with Gasteiger partial charge in [0.25, 0.3) is 0 Å². The van der Waals surface area contributed by atoms with E-state index in [1.165, 1.54) is 103 Å². The van der Waals surface area contributed by atoms with Crippen molar-refractivity contribution >= 4 is 0 Å². The van der Waals surface area contributed by atoms with Crippen LogP contribution in [0.15, 0.2) is 0 Å². The summed E-state index contributed by atoms with van der Waals surface area (Å²) < 4.78 is 0. The van der Waals surface area contributed by atoms with Crippen molar-refractivity contribution in [1.29, 1.82) is 0 Å². The van der Waals surface area contributed by atoms with Gasteiger partial charge in [-0.2, -0.15) is 0 Å². The lowest BCUT2D eigenvalue weighted by Crippen LogP contribution is -1.83. The molecule has 0 saturated heterocycles. The van der Waals surface area contributed by atoms with Crippen molar-refractivity contribution in [2.45, 2.75) is 128 Å². The van der Waals surface area contributed by atoms with E-state index in [1.807, 2.05) is 0 Å². The lowest BCUT2D eigenvalue weighted by atomic mass is 10.0. The maximum absolute atomic E-state index is 3.90. The molecular weight excluding hydrogens is 288 g/mol. The van der Waals surface area contributed by atoms with E-state index in [0.717, 1.165) is 25.7 Å². The molecule has 0 nitrogen and oxygen atoms in total. The molecule has 0 aromatic heterocycles. The van der Waals surface area contributed by atoms with Gasteiger partial charge in [0.2, 0.25) is 0 Å². The molecule has 0 spiro atoms. The van der Waals surface area contributed by atoms with Gasteiger partial charge >= 0.3 is 0 Å². The Bertz CT molecular complexity index is 267. The summed E-state index contributed by atoms with van der Waals surface area (Å²) in [6, 6.07) is 0. The molecule has 24 heavy (non-hydrogen) atoms. The summed E-state index contributed by atoms with van der Waals surface area (Å²) in [6.45, 7) is 7.76. The molecule has 0 aliphatic carbocycles. The molecule has 0 fully saturated rings. The molecule has 0 unspecified atom stereocenters. The van der Waals surface area contributed by atoms with E-state index < -0.39 is 0 Å². The van der Waals surface area contributed by atoms with Gasteiger partial charge in [-0.3, -0.25) is 0 Å². The van der Waals surface area contributed by atoms with E-state index >= 15 is 0 Å². The lowest BCUT2D eigenvalue weighted by Gasteiger charge is -2.02. The van der Waals surface area contributed by atoms with Gasteiger partial charge in [-0.05, 0) is 12.8 Å². The normalized spacial score (nSPS) is 10.6. The first-order valence-electron chi connectivity index (χ1n) is 11.0. The topological polar surface area (TPSA) is 0 Å². The Hall–Kier alpha value is -0.440. The van der Waals surface area contributed by atoms with Crippen molar-refractivity contribution < 1.29 is 0 Å². The van der Waals surface area contributed by atoms with Crippen LogP contribution in [-0.2, 0) is 0 Å². The lowest BCUT2D eigenvalue weighted by molar-refractivity contribution is 0.538. The van der Waals surface area contributed by atoms with Crippen molar-refractivity contribution in [2.24, 2.45) is 0 Å². The van der Waals surface area contributed by atoms with Gasteiger partial charge in [0.05, 0.1) is 0 Å². The number of hydrogen-bond donors (Lipinski definition) is 0. The highest BCUT2D eigenvalue weighted by Gasteiger charge is 1.93. The Morgan fingerprint density at radius 3 is 0.917 bits per heavy atom. The van der Waals surface area contributed by atoms with Crippen LogP contribution in [0.5, 0.6) is 0 Å². The van der Waals surface area contributed by atoms with E-state index in [-0.39, 0.29) is 0 Å². The third-order valence-corrected chi connectivity index (χ3v) is 4.73. The van der Waals surface area contributed by atoms with Crippen molar-refractivity contribution in [1.82, 2.24) is 0 Å². The summed E-state index contributed by atoms with van der Waals surface area (Å²) in [5.41, 5.74) is 0. The number of unbranched alkanes of at least 4 members (excludes halogenated alkanes) is 18. The first kappa shape index (κ1) is 23.6. The van der Waals surface area contributed by atoms with Crippen molar-refractivity contribution in [3.63, 3.8) is 0 Å².